The molecule has 0 saturated carbocycles. The van der Waals surface area contributed by atoms with Crippen molar-refractivity contribution in [3.63, 3.8) is 0 Å². The standard InChI is InChI=1S/C14H9N5/c15-6-11-3-1-10(2-4-11)5-12(7-16)14(19)13(8-17)9-18/h1-4,12H,5,19H2. The molecular weight excluding hydrogens is 238 g/mol. The van der Waals surface area contributed by atoms with Gasteiger partial charge in [0.2, 0.25) is 0 Å². The molecule has 0 fully saturated rings. The van der Waals surface area contributed by atoms with E-state index in [0.29, 0.717) is 12.0 Å². The molecule has 1 rings (SSSR count). The van der Waals surface area contributed by atoms with Crippen molar-refractivity contribution in [2.45, 2.75) is 6.42 Å². The number of rotatable bonds is 3. The van der Waals surface area contributed by atoms with Crippen LogP contribution in [0.4, 0.5) is 0 Å². The normalized spacial score (nSPS) is 10.1. The van der Waals surface area contributed by atoms with Crippen LogP contribution < -0.4 is 5.73 Å². The highest BCUT2D eigenvalue weighted by molar-refractivity contribution is 5.42. The molecule has 0 radical (unpaired) electrons. The third-order valence-electron chi connectivity index (χ3n) is 2.57. The summed E-state index contributed by atoms with van der Waals surface area (Å²) in [6.07, 6.45) is 0.293. The van der Waals surface area contributed by atoms with Gasteiger partial charge in [-0.2, -0.15) is 21.0 Å². The van der Waals surface area contributed by atoms with E-state index in [4.69, 9.17) is 26.8 Å². The van der Waals surface area contributed by atoms with Crippen LogP contribution in [0, 0.1) is 51.2 Å². The molecule has 5 heteroatoms. The summed E-state index contributed by atoms with van der Waals surface area (Å²) < 4.78 is 0. The Bertz CT molecular complexity index is 640. The average molecular weight is 247 g/mol. The average Bonchev–Trinajstić information content (AvgIpc) is 2.46. The minimum Gasteiger partial charge on any atom is -0.399 e. The molecule has 1 aromatic rings. The Kier molecular flexibility index (Phi) is 4.68. The maximum Gasteiger partial charge on any atom is 0.149 e. The summed E-state index contributed by atoms with van der Waals surface area (Å²) >= 11 is 0. The number of nitrogens with two attached hydrogens (primary N) is 1. The summed E-state index contributed by atoms with van der Waals surface area (Å²) in [5, 5.41) is 35.2. The van der Waals surface area contributed by atoms with Crippen LogP contribution in [0.1, 0.15) is 11.1 Å². The Hall–Kier alpha value is -3.28. The zero-order valence-electron chi connectivity index (χ0n) is 9.96. The van der Waals surface area contributed by atoms with Crippen molar-refractivity contribution in [1.29, 1.82) is 21.0 Å². The van der Waals surface area contributed by atoms with Crippen molar-refractivity contribution in [1.82, 2.24) is 0 Å². The molecule has 1 aromatic carbocycles. The van der Waals surface area contributed by atoms with Gasteiger partial charge < -0.3 is 5.73 Å². The maximum atomic E-state index is 9.06. The van der Waals surface area contributed by atoms with Crippen molar-refractivity contribution >= 4 is 0 Å². The number of hydrogen-bond donors (Lipinski definition) is 1. The van der Waals surface area contributed by atoms with Gasteiger partial charge in [-0.05, 0) is 24.1 Å². The number of nitrogens with zero attached hydrogens (tertiary/aromatic N) is 4. The van der Waals surface area contributed by atoms with E-state index in [-0.39, 0.29) is 11.3 Å². The van der Waals surface area contributed by atoms with E-state index in [0.717, 1.165) is 5.56 Å². The quantitative estimate of drug-likeness (QED) is 0.811. The third kappa shape index (κ3) is 3.34. The molecule has 0 aliphatic heterocycles. The molecule has 0 amide bonds. The molecule has 2 N–H and O–H groups in total. The molecule has 0 saturated heterocycles. The fourth-order valence-electron chi connectivity index (χ4n) is 1.50. The van der Waals surface area contributed by atoms with Gasteiger partial charge in [0.15, 0.2) is 0 Å². The first-order valence-corrected chi connectivity index (χ1v) is 5.34. The van der Waals surface area contributed by atoms with Gasteiger partial charge >= 0.3 is 0 Å². The van der Waals surface area contributed by atoms with Crippen molar-refractivity contribution in [3.05, 3.63) is 46.7 Å². The molecule has 0 heterocycles. The molecule has 1 atom stereocenters. The first-order chi connectivity index (χ1) is 9.15. The van der Waals surface area contributed by atoms with E-state index in [1.54, 1.807) is 36.4 Å². The van der Waals surface area contributed by atoms with Gasteiger partial charge in [-0.1, -0.05) is 12.1 Å². The van der Waals surface area contributed by atoms with Gasteiger partial charge in [0.1, 0.15) is 17.7 Å². The molecule has 0 aliphatic rings. The lowest BCUT2D eigenvalue weighted by atomic mass is 9.95. The molecule has 90 valence electrons. The third-order valence-corrected chi connectivity index (χ3v) is 2.57. The Labute approximate surface area is 111 Å². The lowest BCUT2D eigenvalue weighted by Crippen LogP contribution is -2.15. The summed E-state index contributed by atoms with van der Waals surface area (Å²) in [6, 6.07) is 14.0. The monoisotopic (exact) mass is 247 g/mol. The fourth-order valence-corrected chi connectivity index (χ4v) is 1.50. The van der Waals surface area contributed by atoms with Gasteiger partial charge in [0.25, 0.3) is 0 Å². The van der Waals surface area contributed by atoms with Crippen molar-refractivity contribution in [3.8, 4) is 24.3 Å². The van der Waals surface area contributed by atoms with Crippen molar-refractivity contribution < 1.29 is 0 Å². The van der Waals surface area contributed by atoms with Crippen LogP contribution in [0.25, 0.3) is 0 Å². The second-order valence-corrected chi connectivity index (χ2v) is 3.75. The second kappa shape index (κ2) is 6.45. The van der Waals surface area contributed by atoms with E-state index in [2.05, 4.69) is 0 Å². The molecule has 19 heavy (non-hydrogen) atoms. The molecule has 0 aromatic heterocycles. The van der Waals surface area contributed by atoms with Crippen molar-refractivity contribution in [2.24, 2.45) is 11.7 Å². The molecule has 5 nitrogen and oxygen atoms in total. The Balaban J connectivity index is 3.00. The van der Waals surface area contributed by atoms with E-state index >= 15 is 0 Å². The molecule has 1 unspecified atom stereocenters. The van der Waals surface area contributed by atoms with Crippen LogP contribution in [0.5, 0.6) is 0 Å². The zero-order valence-corrected chi connectivity index (χ0v) is 9.96. The Morgan fingerprint density at radius 2 is 1.63 bits per heavy atom. The van der Waals surface area contributed by atoms with Gasteiger partial charge in [-0.25, -0.2) is 0 Å². The van der Waals surface area contributed by atoms with Crippen LogP contribution in [0.2, 0.25) is 0 Å². The number of hydrogen-bond acceptors (Lipinski definition) is 5. The number of allylic oxidation sites excluding steroid dienone is 2. The predicted octanol–water partition coefficient (Wildman–Crippen LogP) is 1.50. The summed E-state index contributed by atoms with van der Waals surface area (Å²) in [7, 11) is 0. The fraction of sp³-hybridized carbons (Fsp3) is 0.143. The highest BCUT2D eigenvalue weighted by atomic mass is 14.6. The predicted molar refractivity (Wildman–Crippen MR) is 66.4 cm³/mol. The van der Waals surface area contributed by atoms with Gasteiger partial charge in [-0.3, -0.25) is 0 Å². The van der Waals surface area contributed by atoms with Crippen LogP contribution >= 0.6 is 0 Å². The topological polar surface area (TPSA) is 121 Å². The van der Waals surface area contributed by atoms with Gasteiger partial charge in [0.05, 0.1) is 29.3 Å². The van der Waals surface area contributed by atoms with Crippen LogP contribution in [0.15, 0.2) is 35.5 Å². The summed E-state index contributed by atoms with van der Waals surface area (Å²) in [5.41, 5.74) is 6.74. The number of benzene rings is 1. The SMILES string of the molecule is N#CC(C#N)=C(N)C(C#N)Cc1ccc(C#N)cc1. The van der Waals surface area contributed by atoms with Crippen molar-refractivity contribution in [2.75, 3.05) is 0 Å². The Morgan fingerprint density at radius 1 is 1.05 bits per heavy atom. The first-order valence-electron chi connectivity index (χ1n) is 5.34. The summed E-state index contributed by atoms with van der Waals surface area (Å²) in [4.78, 5) is 0. The highest BCUT2D eigenvalue weighted by Crippen LogP contribution is 2.16. The zero-order chi connectivity index (χ0) is 14.3. The lowest BCUT2D eigenvalue weighted by Gasteiger charge is -2.09. The molecule has 0 bridgehead atoms. The van der Waals surface area contributed by atoms with Gasteiger partial charge in [-0.15, -0.1) is 0 Å². The Morgan fingerprint density at radius 3 is 2.05 bits per heavy atom. The summed E-state index contributed by atoms with van der Waals surface area (Å²) in [5.74, 6) is -0.734. The lowest BCUT2D eigenvalue weighted by molar-refractivity contribution is 0.753. The van der Waals surface area contributed by atoms with E-state index in [9.17, 15) is 0 Å². The molecule has 0 aliphatic carbocycles. The van der Waals surface area contributed by atoms with E-state index in [1.807, 2.05) is 12.1 Å². The molecular formula is C14H9N5. The minimum atomic E-state index is -0.734. The second-order valence-electron chi connectivity index (χ2n) is 3.75. The van der Waals surface area contributed by atoms with E-state index < -0.39 is 5.92 Å². The maximum absolute atomic E-state index is 9.06. The summed E-state index contributed by atoms with van der Waals surface area (Å²) in [6.45, 7) is 0. The van der Waals surface area contributed by atoms with Crippen LogP contribution in [-0.4, -0.2) is 0 Å². The first kappa shape index (κ1) is 13.8. The number of nitriles is 4. The minimum absolute atomic E-state index is 0.0168. The smallest absolute Gasteiger partial charge is 0.149 e. The van der Waals surface area contributed by atoms with E-state index in [1.165, 1.54) is 0 Å². The largest absolute Gasteiger partial charge is 0.399 e. The van der Waals surface area contributed by atoms with Gasteiger partial charge in [0, 0.05) is 0 Å². The highest BCUT2D eigenvalue weighted by Gasteiger charge is 2.16. The van der Waals surface area contributed by atoms with Crippen LogP contribution in [-0.2, 0) is 6.42 Å². The van der Waals surface area contributed by atoms with Crippen LogP contribution in [0.3, 0.4) is 0 Å². The molecule has 0 spiro atoms.